The van der Waals surface area contributed by atoms with Crippen LogP contribution in [0.3, 0.4) is 0 Å². The molecule has 8 heteroatoms. The van der Waals surface area contributed by atoms with Gasteiger partial charge in [-0.1, -0.05) is 12.1 Å². The van der Waals surface area contributed by atoms with Crippen molar-refractivity contribution in [3.05, 3.63) is 59.2 Å². The van der Waals surface area contributed by atoms with Crippen LogP contribution in [0.4, 0.5) is 18.9 Å². The fourth-order valence-corrected chi connectivity index (χ4v) is 4.04. The number of anilines is 1. The Bertz CT molecular complexity index is 962. The number of alkyl halides is 3. The van der Waals surface area contributed by atoms with Gasteiger partial charge in [-0.3, -0.25) is 0 Å². The van der Waals surface area contributed by atoms with Crippen molar-refractivity contribution >= 4 is 11.4 Å². The standard InChI is InChI=1S/C23H27F3N4O/c1-22(2)15-17-14-19(31-23(24,25)26)8-9-20(17)21(27-28-22)16-4-6-18(7-5-16)30-12-10-29(3)11-13-30/h4-9,14,28H,10-13,15H2,1-3H3. The minimum absolute atomic E-state index is 0.214. The summed E-state index contributed by atoms with van der Waals surface area (Å²) >= 11 is 0. The molecule has 0 bridgehead atoms. The number of benzene rings is 2. The highest BCUT2D eigenvalue weighted by Crippen LogP contribution is 2.30. The van der Waals surface area contributed by atoms with Gasteiger partial charge in [-0.15, -0.1) is 13.2 Å². The third-order valence-corrected chi connectivity index (χ3v) is 5.68. The van der Waals surface area contributed by atoms with Crippen molar-refractivity contribution in [3.63, 3.8) is 0 Å². The van der Waals surface area contributed by atoms with Gasteiger partial charge in [-0.25, -0.2) is 0 Å². The van der Waals surface area contributed by atoms with Gasteiger partial charge < -0.3 is 20.0 Å². The molecular weight excluding hydrogens is 405 g/mol. The summed E-state index contributed by atoms with van der Waals surface area (Å²) in [6.45, 7) is 7.97. The van der Waals surface area contributed by atoms with Crippen LogP contribution in [0.1, 0.15) is 30.5 Å². The second-order valence-electron chi connectivity index (χ2n) is 8.84. The summed E-state index contributed by atoms with van der Waals surface area (Å²) in [6.07, 6.45) is -4.20. The van der Waals surface area contributed by atoms with Crippen LogP contribution in [-0.4, -0.2) is 55.7 Å². The van der Waals surface area contributed by atoms with Gasteiger partial charge in [-0.05, 0) is 63.2 Å². The molecule has 2 aliphatic rings. The molecule has 5 nitrogen and oxygen atoms in total. The molecule has 0 atom stereocenters. The Morgan fingerprint density at radius 3 is 2.32 bits per heavy atom. The van der Waals surface area contributed by atoms with Crippen LogP contribution < -0.4 is 15.1 Å². The zero-order valence-electron chi connectivity index (χ0n) is 18.0. The highest BCUT2D eigenvalue weighted by atomic mass is 19.4. The Kier molecular flexibility index (Phi) is 5.60. The van der Waals surface area contributed by atoms with Crippen molar-refractivity contribution in [2.24, 2.45) is 5.10 Å². The normalized spacial score (nSPS) is 19.2. The van der Waals surface area contributed by atoms with Gasteiger partial charge in [0, 0.05) is 43.0 Å². The monoisotopic (exact) mass is 432 g/mol. The number of rotatable bonds is 3. The quantitative estimate of drug-likeness (QED) is 0.796. The van der Waals surface area contributed by atoms with E-state index in [0.29, 0.717) is 12.1 Å². The Morgan fingerprint density at radius 1 is 1.00 bits per heavy atom. The number of fused-ring (bicyclic) bond motifs is 1. The lowest BCUT2D eigenvalue weighted by atomic mass is 9.90. The lowest BCUT2D eigenvalue weighted by Gasteiger charge is -2.34. The highest BCUT2D eigenvalue weighted by Gasteiger charge is 2.32. The lowest BCUT2D eigenvalue weighted by molar-refractivity contribution is -0.274. The number of hydrazone groups is 1. The molecule has 4 rings (SSSR count). The first-order chi connectivity index (χ1) is 14.6. The van der Waals surface area contributed by atoms with Crippen molar-refractivity contribution in [2.45, 2.75) is 32.2 Å². The van der Waals surface area contributed by atoms with E-state index in [1.165, 1.54) is 12.1 Å². The summed E-state index contributed by atoms with van der Waals surface area (Å²) in [7, 11) is 2.13. The van der Waals surface area contributed by atoms with E-state index in [-0.39, 0.29) is 5.75 Å². The number of nitrogens with one attached hydrogen (secondary N) is 1. The second-order valence-corrected chi connectivity index (χ2v) is 8.84. The number of ether oxygens (including phenoxy) is 1. The zero-order chi connectivity index (χ0) is 22.2. The van der Waals surface area contributed by atoms with E-state index in [9.17, 15) is 13.2 Å². The van der Waals surface area contributed by atoms with Gasteiger partial charge >= 0.3 is 6.36 Å². The summed E-state index contributed by atoms with van der Waals surface area (Å²) < 4.78 is 42.2. The van der Waals surface area contributed by atoms with Crippen LogP contribution in [0.25, 0.3) is 0 Å². The first-order valence-electron chi connectivity index (χ1n) is 10.4. The molecule has 1 saturated heterocycles. The van der Waals surface area contributed by atoms with E-state index in [2.05, 4.69) is 44.2 Å². The van der Waals surface area contributed by atoms with Crippen molar-refractivity contribution in [3.8, 4) is 5.75 Å². The van der Waals surface area contributed by atoms with Crippen LogP contribution in [-0.2, 0) is 6.42 Å². The van der Waals surface area contributed by atoms with E-state index in [4.69, 9.17) is 0 Å². The van der Waals surface area contributed by atoms with Crippen LogP contribution in [0.15, 0.2) is 47.6 Å². The molecule has 31 heavy (non-hydrogen) atoms. The van der Waals surface area contributed by atoms with E-state index >= 15 is 0 Å². The van der Waals surface area contributed by atoms with Gasteiger partial charge in [0.05, 0.1) is 11.3 Å². The van der Waals surface area contributed by atoms with E-state index in [1.54, 1.807) is 6.07 Å². The highest BCUT2D eigenvalue weighted by molar-refractivity contribution is 6.14. The molecule has 0 saturated carbocycles. The second kappa shape index (κ2) is 8.07. The predicted octanol–water partition coefficient (Wildman–Crippen LogP) is 4.01. The fraction of sp³-hybridized carbons (Fsp3) is 0.435. The number of hydrogen-bond acceptors (Lipinski definition) is 5. The van der Waals surface area contributed by atoms with E-state index in [1.807, 2.05) is 26.0 Å². The average Bonchev–Trinajstić information content (AvgIpc) is 2.82. The summed E-state index contributed by atoms with van der Waals surface area (Å²) in [4.78, 5) is 4.67. The number of likely N-dealkylation sites (N-methyl/N-ethyl adjacent to an activating group) is 1. The molecule has 2 aromatic carbocycles. The topological polar surface area (TPSA) is 40.1 Å². The van der Waals surface area contributed by atoms with Crippen LogP contribution in [0.5, 0.6) is 5.75 Å². The van der Waals surface area contributed by atoms with Crippen LogP contribution in [0, 0.1) is 0 Å². The largest absolute Gasteiger partial charge is 0.573 e. The maximum Gasteiger partial charge on any atom is 0.573 e. The smallest absolute Gasteiger partial charge is 0.406 e. The molecule has 0 spiro atoms. The van der Waals surface area contributed by atoms with Crippen LogP contribution in [0.2, 0.25) is 0 Å². The van der Waals surface area contributed by atoms with Crippen molar-refractivity contribution in [2.75, 3.05) is 38.1 Å². The molecule has 0 unspecified atom stereocenters. The molecule has 0 radical (unpaired) electrons. The molecular formula is C23H27F3N4O. The number of piperazine rings is 1. The molecule has 0 aliphatic carbocycles. The summed E-state index contributed by atoms with van der Waals surface area (Å²) in [5.41, 5.74) is 7.12. The maximum absolute atomic E-state index is 12.7. The van der Waals surface area contributed by atoms with Crippen LogP contribution >= 0.6 is 0 Å². The Hall–Kier alpha value is -2.74. The summed E-state index contributed by atoms with van der Waals surface area (Å²) in [6, 6.07) is 12.7. The minimum atomic E-state index is -4.72. The van der Waals surface area contributed by atoms with Gasteiger partial charge in [0.25, 0.3) is 0 Å². The molecule has 1 fully saturated rings. The third kappa shape index (κ3) is 5.12. The molecule has 2 aromatic rings. The summed E-state index contributed by atoms with van der Waals surface area (Å²) in [5, 5.41) is 4.63. The first kappa shape index (κ1) is 21.5. The molecule has 1 N–H and O–H groups in total. The van der Waals surface area contributed by atoms with Gasteiger partial charge in [0.1, 0.15) is 5.75 Å². The number of nitrogens with zero attached hydrogens (tertiary/aromatic N) is 3. The zero-order valence-corrected chi connectivity index (χ0v) is 18.0. The average molecular weight is 432 g/mol. The maximum atomic E-state index is 12.7. The predicted molar refractivity (Wildman–Crippen MR) is 116 cm³/mol. The molecule has 2 aliphatic heterocycles. The van der Waals surface area contributed by atoms with E-state index in [0.717, 1.165) is 48.6 Å². The van der Waals surface area contributed by atoms with Crippen molar-refractivity contribution < 1.29 is 17.9 Å². The first-order valence-corrected chi connectivity index (χ1v) is 10.4. The number of hydrogen-bond donors (Lipinski definition) is 1. The van der Waals surface area contributed by atoms with Gasteiger partial charge in [0.2, 0.25) is 0 Å². The lowest BCUT2D eigenvalue weighted by Crippen LogP contribution is -2.44. The molecule has 0 aromatic heterocycles. The minimum Gasteiger partial charge on any atom is -0.406 e. The van der Waals surface area contributed by atoms with Gasteiger partial charge in [-0.2, -0.15) is 5.10 Å². The van der Waals surface area contributed by atoms with Gasteiger partial charge in [0.15, 0.2) is 0 Å². The molecule has 166 valence electrons. The SMILES string of the molecule is CN1CCN(c2ccc(C3=NNC(C)(C)Cc4cc(OC(F)(F)F)ccc43)cc2)CC1. The number of halogens is 3. The molecule has 0 amide bonds. The third-order valence-electron chi connectivity index (χ3n) is 5.68. The van der Waals surface area contributed by atoms with Crippen molar-refractivity contribution in [1.29, 1.82) is 0 Å². The van der Waals surface area contributed by atoms with E-state index < -0.39 is 11.9 Å². The Labute approximate surface area is 180 Å². The Balaban J connectivity index is 1.64. The molecule has 2 heterocycles. The van der Waals surface area contributed by atoms with Crippen molar-refractivity contribution in [1.82, 2.24) is 10.3 Å². The summed E-state index contributed by atoms with van der Waals surface area (Å²) in [5.74, 6) is -0.214. The Morgan fingerprint density at radius 2 is 1.68 bits per heavy atom. The fourth-order valence-electron chi connectivity index (χ4n) is 4.04.